The molecule has 0 atom stereocenters. The van der Waals surface area contributed by atoms with E-state index in [-0.39, 0.29) is 5.60 Å². The van der Waals surface area contributed by atoms with E-state index in [2.05, 4.69) is 8.75 Å². The van der Waals surface area contributed by atoms with Crippen molar-refractivity contribution in [2.75, 3.05) is 13.7 Å². The summed E-state index contributed by atoms with van der Waals surface area (Å²) in [5.74, 6) is 0.406. The lowest BCUT2D eigenvalue weighted by molar-refractivity contribution is 0.00516. The molecule has 4 nitrogen and oxygen atoms in total. The van der Waals surface area contributed by atoms with Crippen molar-refractivity contribution in [2.45, 2.75) is 25.9 Å². The normalized spacial score (nSPS) is 11.7. The number of methoxy groups -OCH3 is 1. The Morgan fingerprint density at radius 1 is 1.43 bits per heavy atom. The summed E-state index contributed by atoms with van der Waals surface area (Å²) in [7, 11) is 1.68. The van der Waals surface area contributed by atoms with Gasteiger partial charge in [-0.05, 0) is 13.8 Å². The number of rotatable bonds is 5. The van der Waals surface area contributed by atoms with Crippen LogP contribution in [0.15, 0.2) is 0 Å². The average molecular weight is 237 g/mol. The molecular weight excluding hydrogens is 224 g/mol. The van der Waals surface area contributed by atoms with Crippen LogP contribution >= 0.6 is 23.3 Å². The van der Waals surface area contributed by atoms with Crippen molar-refractivity contribution in [3.8, 4) is 5.88 Å². The molecule has 0 aliphatic carbocycles. The lowest BCUT2D eigenvalue weighted by Gasteiger charge is -2.22. The number of hydrogen-bond acceptors (Lipinski definition) is 5. The van der Waals surface area contributed by atoms with E-state index in [1.54, 1.807) is 7.11 Å². The third kappa shape index (κ3) is 3.40. The molecule has 1 rings (SSSR count). The smallest absolute Gasteiger partial charge is 0.265 e. The molecule has 0 radical (unpaired) electrons. The van der Waals surface area contributed by atoms with Gasteiger partial charge in [-0.15, -0.1) is 4.37 Å². The summed E-state index contributed by atoms with van der Waals surface area (Å²) in [6.45, 7) is 4.51. The molecule has 0 N–H and O–H groups in total. The van der Waals surface area contributed by atoms with Gasteiger partial charge in [-0.25, -0.2) is 0 Å². The molecule has 80 valence electrons. The quantitative estimate of drug-likeness (QED) is 0.788. The first-order chi connectivity index (χ1) is 6.55. The van der Waals surface area contributed by atoms with E-state index in [0.717, 1.165) is 18.1 Å². The number of halogens is 1. The van der Waals surface area contributed by atoms with Crippen LogP contribution in [0.2, 0.25) is 5.15 Å². The van der Waals surface area contributed by atoms with Gasteiger partial charge in [0.05, 0.1) is 23.9 Å². The van der Waals surface area contributed by atoms with Crippen molar-refractivity contribution in [1.29, 1.82) is 0 Å². The van der Waals surface area contributed by atoms with E-state index < -0.39 is 0 Å². The van der Waals surface area contributed by atoms with E-state index in [0.29, 0.717) is 17.6 Å². The van der Waals surface area contributed by atoms with Crippen LogP contribution in [0.25, 0.3) is 0 Å². The number of hydrogen-bond donors (Lipinski definition) is 0. The maximum Gasteiger partial charge on any atom is 0.265 e. The van der Waals surface area contributed by atoms with Crippen LogP contribution in [0.1, 0.15) is 20.3 Å². The van der Waals surface area contributed by atoms with Crippen molar-refractivity contribution in [3.05, 3.63) is 5.15 Å². The zero-order valence-electron chi connectivity index (χ0n) is 8.41. The molecule has 0 amide bonds. The average Bonchev–Trinajstić information content (AvgIpc) is 2.52. The van der Waals surface area contributed by atoms with Crippen molar-refractivity contribution in [2.24, 2.45) is 0 Å². The molecule has 0 saturated carbocycles. The van der Waals surface area contributed by atoms with Crippen LogP contribution in [0, 0.1) is 0 Å². The van der Waals surface area contributed by atoms with Gasteiger partial charge >= 0.3 is 0 Å². The molecule has 0 unspecified atom stereocenters. The Morgan fingerprint density at radius 2 is 2.14 bits per heavy atom. The Bertz CT molecular complexity index is 291. The predicted octanol–water partition coefficient (Wildman–Crippen LogP) is 2.39. The fourth-order valence-electron chi connectivity index (χ4n) is 0.752. The van der Waals surface area contributed by atoms with Gasteiger partial charge in [-0.1, -0.05) is 11.6 Å². The first kappa shape index (κ1) is 11.7. The van der Waals surface area contributed by atoms with Crippen LogP contribution < -0.4 is 4.74 Å². The molecule has 0 bridgehead atoms. The standard InChI is InChI=1S/C8H13ClN2O2S/c1-8(2,12-3)4-5-13-7-6(9)10-14-11-7/h4-5H2,1-3H3. The van der Waals surface area contributed by atoms with Crippen molar-refractivity contribution in [3.63, 3.8) is 0 Å². The molecule has 0 aliphatic heterocycles. The lowest BCUT2D eigenvalue weighted by Crippen LogP contribution is -2.25. The first-order valence-electron chi connectivity index (χ1n) is 4.21. The van der Waals surface area contributed by atoms with Crippen LogP contribution in [0.5, 0.6) is 5.88 Å². The lowest BCUT2D eigenvalue weighted by atomic mass is 10.1. The van der Waals surface area contributed by atoms with E-state index in [9.17, 15) is 0 Å². The van der Waals surface area contributed by atoms with Gasteiger partial charge < -0.3 is 9.47 Å². The molecule has 0 saturated heterocycles. The zero-order chi connectivity index (χ0) is 10.6. The van der Waals surface area contributed by atoms with Gasteiger partial charge in [0.1, 0.15) is 0 Å². The molecular formula is C8H13ClN2O2S. The molecule has 14 heavy (non-hydrogen) atoms. The topological polar surface area (TPSA) is 44.2 Å². The first-order valence-corrected chi connectivity index (χ1v) is 5.32. The Morgan fingerprint density at radius 3 is 2.64 bits per heavy atom. The van der Waals surface area contributed by atoms with Crippen LogP contribution in [-0.2, 0) is 4.74 Å². The second-order valence-electron chi connectivity index (χ2n) is 3.42. The van der Waals surface area contributed by atoms with Crippen LogP contribution in [0.4, 0.5) is 0 Å². The fraction of sp³-hybridized carbons (Fsp3) is 0.750. The van der Waals surface area contributed by atoms with Crippen molar-refractivity contribution < 1.29 is 9.47 Å². The van der Waals surface area contributed by atoms with Gasteiger partial charge in [-0.2, -0.15) is 4.37 Å². The van der Waals surface area contributed by atoms with E-state index in [1.165, 1.54) is 0 Å². The highest BCUT2D eigenvalue weighted by Gasteiger charge is 2.17. The Hall–Kier alpha value is -0.390. The number of aromatic nitrogens is 2. The van der Waals surface area contributed by atoms with E-state index >= 15 is 0 Å². The highest BCUT2D eigenvalue weighted by atomic mass is 35.5. The molecule has 6 heteroatoms. The summed E-state index contributed by atoms with van der Waals surface area (Å²) in [6.07, 6.45) is 0.775. The Labute approximate surface area is 92.5 Å². The molecule has 1 aromatic rings. The summed E-state index contributed by atoms with van der Waals surface area (Å²) in [6, 6.07) is 0. The third-order valence-electron chi connectivity index (χ3n) is 1.92. The minimum absolute atomic E-state index is 0.185. The fourth-order valence-corrected chi connectivity index (χ4v) is 1.39. The SMILES string of the molecule is COC(C)(C)CCOc1nsnc1Cl. The van der Waals surface area contributed by atoms with Gasteiger partial charge in [0.2, 0.25) is 5.15 Å². The largest absolute Gasteiger partial charge is 0.475 e. The monoisotopic (exact) mass is 236 g/mol. The summed E-state index contributed by atoms with van der Waals surface area (Å²) >= 11 is 6.75. The molecule has 0 aliphatic rings. The Kier molecular flexibility index (Phi) is 4.10. The van der Waals surface area contributed by atoms with Crippen LogP contribution in [-0.4, -0.2) is 28.1 Å². The minimum atomic E-state index is -0.185. The summed E-state index contributed by atoms with van der Waals surface area (Å²) in [5.41, 5.74) is -0.185. The summed E-state index contributed by atoms with van der Waals surface area (Å²) in [4.78, 5) is 0. The number of nitrogens with zero attached hydrogens (tertiary/aromatic N) is 2. The molecule has 1 heterocycles. The molecule has 0 fully saturated rings. The minimum Gasteiger partial charge on any atom is -0.475 e. The van der Waals surface area contributed by atoms with E-state index in [1.807, 2.05) is 13.8 Å². The maximum absolute atomic E-state index is 5.70. The van der Waals surface area contributed by atoms with E-state index in [4.69, 9.17) is 21.1 Å². The van der Waals surface area contributed by atoms with Gasteiger partial charge in [0, 0.05) is 13.5 Å². The van der Waals surface area contributed by atoms with Crippen molar-refractivity contribution >= 4 is 23.3 Å². The molecule has 0 spiro atoms. The van der Waals surface area contributed by atoms with Crippen LogP contribution in [0.3, 0.4) is 0 Å². The molecule has 0 aromatic carbocycles. The highest BCUT2D eigenvalue weighted by Crippen LogP contribution is 2.21. The van der Waals surface area contributed by atoms with Gasteiger partial charge in [-0.3, -0.25) is 0 Å². The Balaban J connectivity index is 2.32. The van der Waals surface area contributed by atoms with Gasteiger partial charge in [0.25, 0.3) is 5.88 Å². The predicted molar refractivity (Wildman–Crippen MR) is 56.1 cm³/mol. The third-order valence-corrected chi connectivity index (χ3v) is 2.77. The molecule has 1 aromatic heterocycles. The summed E-state index contributed by atoms with van der Waals surface area (Å²) < 4.78 is 18.3. The summed E-state index contributed by atoms with van der Waals surface area (Å²) in [5, 5.41) is 0.324. The maximum atomic E-state index is 5.70. The second-order valence-corrected chi connectivity index (χ2v) is 4.31. The van der Waals surface area contributed by atoms with Gasteiger partial charge in [0.15, 0.2) is 0 Å². The van der Waals surface area contributed by atoms with Crippen molar-refractivity contribution in [1.82, 2.24) is 8.75 Å². The highest BCUT2D eigenvalue weighted by molar-refractivity contribution is 6.99. The zero-order valence-corrected chi connectivity index (χ0v) is 9.98. The second kappa shape index (κ2) is 4.91. The number of ether oxygens (including phenoxy) is 2.